The third kappa shape index (κ3) is 8.72. The monoisotopic (exact) mass is 1110 g/mol. The van der Waals surface area contributed by atoms with E-state index in [1.165, 1.54) is 111 Å². The van der Waals surface area contributed by atoms with Crippen LogP contribution in [0.4, 0.5) is 34.1 Å². The molecule has 0 spiro atoms. The van der Waals surface area contributed by atoms with Crippen LogP contribution in [0.2, 0.25) is 0 Å². The van der Waals surface area contributed by atoms with Crippen molar-refractivity contribution >= 4 is 55.9 Å². The average molecular weight is 1110 g/mol. The van der Waals surface area contributed by atoms with Gasteiger partial charge in [-0.05, 0) is 198 Å². The van der Waals surface area contributed by atoms with Gasteiger partial charge in [0, 0.05) is 61.4 Å². The number of fused-ring (bicyclic) bond motifs is 9. The minimum atomic E-state index is -0.285. The van der Waals surface area contributed by atoms with Crippen LogP contribution in [-0.2, 0) is 10.8 Å². The molecule has 2 aliphatic rings. The molecule has 0 unspecified atom stereocenters. The molecule has 0 atom stereocenters. The quantitative estimate of drug-likeness (QED) is 0.128. The Morgan fingerprint density at radius 3 is 1.09 bits per heavy atom. The van der Waals surface area contributed by atoms with E-state index in [9.17, 15) is 0 Å². The molecule has 87 heavy (non-hydrogen) atoms. The third-order valence-electron chi connectivity index (χ3n) is 18.8. The van der Waals surface area contributed by atoms with Gasteiger partial charge in [0.1, 0.15) is 0 Å². The summed E-state index contributed by atoms with van der Waals surface area (Å²) < 4.78 is 2.41. The smallest absolute Gasteiger partial charge is 0.0541 e. The maximum atomic E-state index is 2.48. The van der Waals surface area contributed by atoms with Gasteiger partial charge in [-0.1, -0.05) is 228 Å². The van der Waals surface area contributed by atoms with Gasteiger partial charge in [0.05, 0.1) is 11.0 Å². The molecule has 3 nitrogen and oxygen atoms in total. The molecule has 0 N–H and O–H groups in total. The summed E-state index contributed by atoms with van der Waals surface area (Å²) >= 11 is 0. The third-order valence-corrected chi connectivity index (χ3v) is 18.8. The maximum absolute atomic E-state index is 2.48. The highest BCUT2D eigenvalue weighted by molar-refractivity contribution is 6.10. The Morgan fingerprint density at radius 2 is 0.563 bits per heavy atom. The van der Waals surface area contributed by atoms with E-state index >= 15 is 0 Å². The molecule has 3 heteroatoms. The fourth-order valence-corrected chi connectivity index (χ4v) is 14.3. The van der Waals surface area contributed by atoms with Gasteiger partial charge in [0.15, 0.2) is 0 Å². The highest BCUT2D eigenvalue weighted by Gasteiger charge is 2.38. The van der Waals surface area contributed by atoms with Gasteiger partial charge in [-0.15, -0.1) is 0 Å². The van der Waals surface area contributed by atoms with Gasteiger partial charge in [-0.2, -0.15) is 0 Å². The van der Waals surface area contributed by atoms with E-state index in [0.29, 0.717) is 0 Å². The Kier molecular flexibility index (Phi) is 12.2. The average Bonchev–Trinajstić information content (AvgIpc) is 3.21. The first kappa shape index (κ1) is 51.9. The van der Waals surface area contributed by atoms with Crippen molar-refractivity contribution in [3.05, 3.63) is 332 Å². The molecule has 13 aromatic carbocycles. The van der Waals surface area contributed by atoms with E-state index in [1.54, 1.807) is 0 Å². The molecule has 0 fully saturated rings. The lowest BCUT2D eigenvalue weighted by Gasteiger charge is -2.31. The van der Waals surface area contributed by atoms with Crippen molar-refractivity contribution in [1.82, 2.24) is 4.57 Å². The molecular formula is C84H63N3. The van der Waals surface area contributed by atoms with Crippen molar-refractivity contribution in [3.63, 3.8) is 0 Å². The summed E-state index contributed by atoms with van der Waals surface area (Å²) in [5.41, 5.74) is 29.9. The Hall–Kier alpha value is -10.7. The van der Waals surface area contributed by atoms with E-state index in [0.717, 1.165) is 39.8 Å². The summed E-state index contributed by atoms with van der Waals surface area (Å²) in [7, 11) is 0. The number of anilines is 6. The topological polar surface area (TPSA) is 11.4 Å². The summed E-state index contributed by atoms with van der Waals surface area (Å²) in [6.45, 7) is 9.57. The second kappa shape index (κ2) is 20.5. The highest BCUT2D eigenvalue weighted by Crippen LogP contribution is 2.54. The van der Waals surface area contributed by atoms with Crippen LogP contribution in [0.1, 0.15) is 49.9 Å². The number of benzene rings is 13. The van der Waals surface area contributed by atoms with Crippen molar-refractivity contribution < 1.29 is 0 Å². The van der Waals surface area contributed by atoms with Crippen LogP contribution in [-0.4, -0.2) is 4.57 Å². The van der Waals surface area contributed by atoms with Crippen molar-refractivity contribution in [1.29, 1.82) is 0 Å². The van der Waals surface area contributed by atoms with Crippen LogP contribution in [0.5, 0.6) is 0 Å². The lowest BCUT2D eigenvalue weighted by Crippen LogP contribution is -2.18. The molecule has 0 bridgehead atoms. The zero-order chi connectivity index (χ0) is 58.4. The molecule has 414 valence electrons. The Balaban J connectivity index is 0.773. The lowest BCUT2D eigenvalue weighted by atomic mass is 9.81. The van der Waals surface area contributed by atoms with E-state index in [1.807, 2.05) is 0 Å². The summed E-state index contributed by atoms with van der Waals surface area (Å²) in [6, 6.07) is 114. The molecule has 1 heterocycles. The molecule has 16 rings (SSSR count). The Morgan fingerprint density at radius 1 is 0.230 bits per heavy atom. The first-order valence-corrected chi connectivity index (χ1v) is 30.4. The fraction of sp³-hybridized carbons (Fsp3) is 0.0714. The number of hydrogen-bond acceptors (Lipinski definition) is 2. The van der Waals surface area contributed by atoms with Crippen molar-refractivity contribution in [2.24, 2.45) is 0 Å². The standard InChI is InChI=1S/C84H63N3/c1-83(2)77-26-16-14-24-71(77)73-49-46-69(54-79(73)83)86(67-44-42-66(43-45-67)85(64-36-28-59(29-37-64)56-18-8-5-9-19-56)65-38-30-60(31-39-65)57-20-10-6-11-21-57)70-47-50-74-72-48-34-63(53-78(72)84(3,4)80(74)55-70)62-35-51-82-76(52-62)75-25-15-17-27-81(75)87(82)68-40-32-61(33-41-68)58-22-12-7-13-23-58/h5-55H,1-4H3. The Labute approximate surface area is 510 Å². The maximum Gasteiger partial charge on any atom is 0.0541 e. The molecule has 14 aromatic rings. The highest BCUT2D eigenvalue weighted by atomic mass is 15.2. The minimum absolute atomic E-state index is 0.167. The molecular weight excluding hydrogens is 1050 g/mol. The molecule has 1 aromatic heterocycles. The zero-order valence-electron chi connectivity index (χ0n) is 49.3. The van der Waals surface area contributed by atoms with Crippen LogP contribution in [0.3, 0.4) is 0 Å². The van der Waals surface area contributed by atoms with Crippen LogP contribution >= 0.6 is 0 Å². The van der Waals surface area contributed by atoms with Crippen molar-refractivity contribution in [2.45, 2.75) is 38.5 Å². The molecule has 0 saturated carbocycles. The zero-order valence-corrected chi connectivity index (χ0v) is 49.3. The van der Waals surface area contributed by atoms with Crippen molar-refractivity contribution in [3.8, 4) is 72.4 Å². The molecule has 0 amide bonds. The summed E-state index contributed by atoms with van der Waals surface area (Å²) in [4.78, 5) is 4.85. The second-order valence-electron chi connectivity index (χ2n) is 24.5. The van der Waals surface area contributed by atoms with Crippen molar-refractivity contribution in [2.75, 3.05) is 9.80 Å². The van der Waals surface area contributed by atoms with Gasteiger partial charge < -0.3 is 14.4 Å². The van der Waals surface area contributed by atoms with Crippen LogP contribution in [0.15, 0.2) is 309 Å². The van der Waals surface area contributed by atoms with Gasteiger partial charge in [0.2, 0.25) is 0 Å². The molecule has 0 saturated heterocycles. The fourth-order valence-electron chi connectivity index (χ4n) is 14.3. The van der Waals surface area contributed by atoms with Gasteiger partial charge in [0.25, 0.3) is 0 Å². The predicted octanol–water partition coefficient (Wildman–Crippen LogP) is 23.0. The van der Waals surface area contributed by atoms with Gasteiger partial charge >= 0.3 is 0 Å². The van der Waals surface area contributed by atoms with E-state index in [2.05, 4.69) is 351 Å². The summed E-state index contributed by atoms with van der Waals surface area (Å²) in [6.07, 6.45) is 0. The van der Waals surface area contributed by atoms with Crippen LogP contribution < -0.4 is 9.80 Å². The largest absolute Gasteiger partial charge is 0.311 e. The second-order valence-corrected chi connectivity index (χ2v) is 24.5. The summed E-state index contributed by atoms with van der Waals surface area (Å²) in [5, 5.41) is 2.50. The minimum Gasteiger partial charge on any atom is -0.311 e. The Bertz CT molecular complexity index is 4840. The van der Waals surface area contributed by atoms with Gasteiger partial charge in [-0.25, -0.2) is 0 Å². The molecule has 2 aliphatic carbocycles. The van der Waals surface area contributed by atoms with Gasteiger partial charge in [-0.3, -0.25) is 0 Å². The first-order valence-electron chi connectivity index (χ1n) is 30.4. The number of aromatic nitrogens is 1. The molecule has 0 aliphatic heterocycles. The predicted molar refractivity (Wildman–Crippen MR) is 367 cm³/mol. The van der Waals surface area contributed by atoms with Crippen LogP contribution in [0, 0.1) is 0 Å². The lowest BCUT2D eigenvalue weighted by molar-refractivity contribution is 0.660. The van der Waals surface area contributed by atoms with E-state index in [4.69, 9.17) is 0 Å². The molecule has 0 radical (unpaired) electrons. The first-order chi connectivity index (χ1) is 42.6. The van der Waals surface area contributed by atoms with E-state index < -0.39 is 0 Å². The SMILES string of the molecule is CC1(C)c2ccccc2-c2ccc(N(c3ccc(N(c4ccc(-c5ccccc5)cc4)c4ccc(-c5ccccc5)cc4)cc3)c3ccc4c(c3)C(C)(C)c3cc(-c5ccc6c(c5)c5ccccc5n6-c5ccc(-c6ccccc6)cc5)ccc3-4)cc21. The van der Waals surface area contributed by atoms with Crippen LogP contribution in [0.25, 0.3) is 94.3 Å². The number of nitrogens with zero attached hydrogens (tertiary/aromatic N) is 3. The normalized spacial score (nSPS) is 13.2. The summed E-state index contributed by atoms with van der Waals surface area (Å²) in [5.74, 6) is 0. The number of rotatable bonds is 11. The number of para-hydroxylation sites is 1. The van der Waals surface area contributed by atoms with E-state index in [-0.39, 0.29) is 10.8 Å². The number of hydrogen-bond donors (Lipinski definition) is 0.